The molecule has 2 aliphatic heterocycles. The molecule has 3 nitrogen and oxygen atoms in total. The summed E-state index contributed by atoms with van der Waals surface area (Å²) in [6.45, 7) is 2.06. The normalized spacial score (nSPS) is 21.9. The zero-order chi connectivity index (χ0) is 15.1. The molecule has 1 amide bonds. The Bertz CT molecular complexity index is 708. The van der Waals surface area contributed by atoms with Crippen LogP contribution in [0.4, 0.5) is 4.39 Å². The second-order valence-corrected chi connectivity index (χ2v) is 6.06. The van der Waals surface area contributed by atoms with Gasteiger partial charge in [0.05, 0.1) is 0 Å². The van der Waals surface area contributed by atoms with Gasteiger partial charge in [-0.05, 0) is 36.3 Å². The Kier molecular flexibility index (Phi) is 3.53. The maximum Gasteiger partial charge on any atom is 0.242 e. The van der Waals surface area contributed by atoms with Gasteiger partial charge in [-0.3, -0.25) is 9.59 Å². The van der Waals surface area contributed by atoms with Crippen molar-refractivity contribution in [2.45, 2.75) is 19.3 Å². The van der Waals surface area contributed by atoms with Gasteiger partial charge in [0, 0.05) is 23.1 Å². The Hall–Kier alpha value is -1.75. The van der Waals surface area contributed by atoms with Gasteiger partial charge in [-0.1, -0.05) is 28.1 Å². The van der Waals surface area contributed by atoms with E-state index in [1.165, 1.54) is 17.1 Å². The van der Waals surface area contributed by atoms with E-state index in [0.29, 0.717) is 11.3 Å². The van der Waals surface area contributed by atoms with E-state index in [2.05, 4.69) is 15.9 Å². The maximum atomic E-state index is 13.3. The van der Waals surface area contributed by atoms with Crippen LogP contribution in [0.15, 0.2) is 46.3 Å². The zero-order valence-corrected chi connectivity index (χ0v) is 13.0. The van der Waals surface area contributed by atoms with E-state index in [-0.39, 0.29) is 30.5 Å². The summed E-state index contributed by atoms with van der Waals surface area (Å²) in [6, 6.07) is 5.49. The number of benzene rings is 1. The topological polar surface area (TPSA) is 37.4 Å². The fourth-order valence-corrected chi connectivity index (χ4v) is 3.17. The van der Waals surface area contributed by atoms with Gasteiger partial charge in [0.1, 0.15) is 11.7 Å². The minimum atomic E-state index is -0.797. The highest BCUT2D eigenvalue weighted by atomic mass is 79.9. The van der Waals surface area contributed by atoms with Crippen LogP contribution >= 0.6 is 15.9 Å². The largest absolute Gasteiger partial charge is 0.311 e. The molecule has 5 heteroatoms. The molecule has 0 aliphatic carbocycles. The average molecular weight is 350 g/mol. The van der Waals surface area contributed by atoms with Crippen molar-refractivity contribution < 1.29 is 14.0 Å². The lowest BCUT2D eigenvalue weighted by Crippen LogP contribution is -2.44. The molecule has 1 fully saturated rings. The third-order valence-corrected chi connectivity index (χ3v) is 4.79. The number of halogens is 2. The van der Waals surface area contributed by atoms with Gasteiger partial charge in [-0.15, -0.1) is 0 Å². The molecule has 108 valence electrons. The lowest BCUT2D eigenvalue weighted by atomic mass is 9.84. The van der Waals surface area contributed by atoms with Gasteiger partial charge in [-0.25, -0.2) is 4.39 Å². The van der Waals surface area contributed by atoms with Crippen molar-refractivity contribution in [2.75, 3.05) is 6.54 Å². The van der Waals surface area contributed by atoms with Crippen molar-refractivity contribution in [2.24, 2.45) is 0 Å². The van der Waals surface area contributed by atoms with Gasteiger partial charge in [0.25, 0.3) is 0 Å². The molecule has 1 aromatic rings. The zero-order valence-electron chi connectivity index (χ0n) is 11.4. The number of piperidine rings is 1. The summed E-state index contributed by atoms with van der Waals surface area (Å²) in [6.07, 6.45) is 2.70. The van der Waals surface area contributed by atoms with Crippen molar-refractivity contribution in [3.8, 4) is 0 Å². The monoisotopic (exact) mass is 349 g/mol. The fourth-order valence-electron chi connectivity index (χ4n) is 2.79. The number of hydrogen-bond acceptors (Lipinski definition) is 2. The molecule has 2 heterocycles. The number of allylic oxidation sites excluding steroid dienone is 3. The predicted octanol–water partition coefficient (Wildman–Crippen LogP) is 3.39. The molecule has 21 heavy (non-hydrogen) atoms. The number of hydrogen-bond donors (Lipinski definition) is 0. The van der Waals surface area contributed by atoms with E-state index in [9.17, 15) is 14.0 Å². The number of carbonyl (C=O) groups is 2. The minimum absolute atomic E-state index is 0.0869. The van der Waals surface area contributed by atoms with Crippen LogP contribution in [0.3, 0.4) is 0 Å². The first-order valence-corrected chi connectivity index (χ1v) is 7.43. The molecule has 1 saturated heterocycles. The Morgan fingerprint density at radius 2 is 2.10 bits per heavy atom. The van der Waals surface area contributed by atoms with Crippen molar-refractivity contribution >= 4 is 27.6 Å². The quantitative estimate of drug-likeness (QED) is 0.728. The standard InChI is InChI=1S/C16H13BrFNO2/c1-9-12(3-2-4-13(9)17)15-14(20)8-11-7-10(18)5-6-19(11)16(15)21/h2-5,7,15H,6,8H2,1H3. The summed E-state index contributed by atoms with van der Waals surface area (Å²) in [5, 5.41) is 0. The first kappa shape index (κ1) is 14.2. The van der Waals surface area contributed by atoms with Crippen LogP contribution in [0, 0.1) is 6.92 Å². The van der Waals surface area contributed by atoms with Crippen LogP contribution in [0.25, 0.3) is 0 Å². The lowest BCUT2D eigenvalue weighted by Gasteiger charge is -2.35. The third-order valence-electron chi connectivity index (χ3n) is 3.93. The third kappa shape index (κ3) is 2.35. The van der Waals surface area contributed by atoms with Crippen LogP contribution in [-0.2, 0) is 9.59 Å². The lowest BCUT2D eigenvalue weighted by molar-refractivity contribution is -0.139. The van der Waals surface area contributed by atoms with Crippen LogP contribution in [-0.4, -0.2) is 23.1 Å². The molecule has 3 rings (SSSR count). The molecule has 1 aromatic carbocycles. The maximum absolute atomic E-state index is 13.3. The summed E-state index contributed by atoms with van der Waals surface area (Å²) in [4.78, 5) is 26.5. The van der Waals surface area contributed by atoms with Gasteiger partial charge >= 0.3 is 0 Å². The highest BCUT2D eigenvalue weighted by Crippen LogP contribution is 2.35. The Morgan fingerprint density at radius 3 is 2.86 bits per heavy atom. The van der Waals surface area contributed by atoms with Gasteiger partial charge in [0.2, 0.25) is 5.91 Å². The van der Waals surface area contributed by atoms with E-state index in [4.69, 9.17) is 0 Å². The van der Waals surface area contributed by atoms with E-state index in [1.807, 2.05) is 19.1 Å². The van der Waals surface area contributed by atoms with Crippen LogP contribution in [0.1, 0.15) is 23.5 Å². The Morgan fingerprint density at radius 1 is 1.33 bits per heavy atom. The van der Waals surface area contributed by atoms with E-state index in [1.54, 1.807) is 6.07 Å². The molecule has 0 saturated carbocycles. The van der Waals surface area contributed by atoms with Crippen molar-refractivity contribution in [3.63, 3.8) is 0 Å². The smallest absolute Gasteiger partial charge is 0.242 e. The number of Topliss-reactive ketones (excluding diaryl/α,β-unsaturated/α-hetero) is 1. The van der Waals surface area contributed by atoms with Crippen LogP contribution in [0.2, 0.25) is 0 Å². The van der Waals surface area contributed by atoms with E-state index >= 15 is 0 Å². The second-order valence-electron chi connectivity index (χ2n) is 5.20. The number of fused-ring (bicyclic) bond motifs is 1. The first-order chi connectivity index (χ1) is 9.99. The summed E-state index contributed by atoms with van der Waals surface area (Å²) >= 11 is 3.42. The Balaban J connectivity index is 2.02. The van der Waals surface area contributed by atoms with Gasteiger partial charge < -0.3 is 4.90 Å². The SMILES string of the molecule is Cc1c(Br)cccc1C1C(=O)CC2=CC(F)=CCN2C1=O. The molecule has 2 aliphatic rings. The number of amides is 1. The first-order valence-electron chi connectivity index (χ1n) is 6.64. The highest BCUT2D eigenvalue weighted by molar-refractivity contribution is 9.10. The molecular weight excluding hydrogens is 337 g/mol. The van der Waals surface area contributed by atoms with Crippen molar-refractivity contribution in [1.29, 1.82) is 0 Å². The number of ketones is 1. The summed E-state index contributed by atoms with van der Waals surface area (Å²) in [5.74, 6) is -1.64. The Labute approximate surface area is 130 Å². The molecule has 0 N–H and O–H groups in total. The van der Waals surface area contributed by atoms with Crippen molar-refractivity contribution in [1.82, 2.24) is 4.90 Å². The van der Waals surface area contributed by atoms with Crippen molar-refractivity contribution in [3.05, 3.63) is 57.5 Å². The molecule has 0 bridgehead atoms. The molecule has 0 aromatic heterocycles. The minimum Gasteiger partial charge on any atom is -0.311 e. The summed E-state index contributed by atoms with van der Waals surface area (Å²) < 4.78 is 14.1. The van der Waals surface area contributed by atoms with Gasteiger partial charge in [0.15, 0.2) is 5.78 Å². The van der Waals surface area contributed by atoms with Crippen LogP contribution in [0.5, 0.6) is 0 Å². The van der Waals surface area contributed by atoms with Crippen LogP contribution < -0.4 is 0 Å². The number of carbonyl (C=O) groups excluding carboxylic acids is 2. The van der Waals surface area contributed by atoms with E-state index in [0.717, 1.165) is 10.0 Å². The molecule has 1 unspecified atom stereocenters. The fraction of sp³-hybridized carbons (Fsp3) is 0.250. The molecule has 0 spiro atoms. The van der Waals surface area contributed by atoms with E-state index < -0.39 is 5.92 Å². The average Bonchev–Trinajstić information content (AvgIpc) is 2.43. The summed E-state index contributed by atoms with van der Waals surface area (Å²) in [7, 11) is 0. The molecule has 0 radical (unpaired) electrons. The highest BCUT2D eigenvalue weighted by Gasteiger charge is 2.40. The summed E-state index contributed by atoms with van der Waals surface area (Å²) in [5.41, 5.74) is 2.05. The second kappa shape index (κ2) is 5.22. The van der Waals surface area contributed by atoms with Gasteiger partial charge in [-0.2, -0.15) is 0 Å². The molecular formula is C16H13BrFNO2. The number of nitrogens with zero attached hydrogens (tertiary/aromatic N) is 1. The number of rotatable bonds is 1. The predicted molar refractivity (Wildman–Crippen MR) is 80.2 cm³/mol. The molecule has 1 atom stereocenters.